The van der Waals surface area contributed by atoms with Crippen molar-refractivity contribution in [2.45, 2.75) is 57.1 Å². The zero-order chi connectivity index (χ0) is 15.6. The number of halogens is 1. The van der Waals surface area contributed by atoms with Crippen molar-refractivity contribution in [3.8, 4) is 0 Å². The molecular formula is C15H23FN2O2S. The van der Waals surface area contributed by atoms with Crippen LogP contribution < -0.4 is 10.0 Å². The minimum atomic E-state index is -3.56. The number of hydrogen-bond acceptors (Lipinski definition) is 3. The summed E-state index contributed by atoms with van der Waals surface area (Å²) in [6.45, 7) is 6.27. The summed E-state index contributed by atoms with van der Waals surface area (Å²) in [7, 11) is -3.56. The Balaban J connectivity index is 2.13. The number of rotatable bonds is 7. The lowest BCUT2D eigenvalue weighted by Crippen LogP contribution is -2.27. The Labute approximate surface area is 126 Å². The Morgan fingerprint density at radius 3 is 2.67 bits per heavy atom. The lowest BCUT2D eigenvalue weighted by molar-refractivity contribution is 0.550. The standard InChI is InChI=1S/C15H23FN2O2S/c1-4-11-8-15(11)18-21(19,20)13-5-6-14(16)12(7-13)9-17-10(2)3/h5-7,10-11,15,17-18H,4,8-9H2,1-3H3. The molecule has 2 N–H and O–H groups in total. The van der Waals surface area contributed by atoms with E-state index in [0.717, 1.165) is 12.8 Å². The van der Waals surface area contributed by atoms with Crippen LogP contribution in [0.3, 0.4) is 0 Å². The first-order valence-electron chi connectivity index (χ1n) is 7.37. The first-order valence-corrected chi connectivity index (χ1v) is 8.86. The van der Waals surface area contributed by atoms with E-state index in [1.165, 1.54) is 18.2 Å². The molecule has 2 unspecified atom stereocenters. The van der Waals surface area contributed by atoms with Gasteiger partial charge in [0.25, 0.3) is 0 Å². The minimum absolute atomic E-state index is 0.0299. The van der Waals surface area contributed by atoms with E-state index < -0.39 is 10.0 Å². The van der Waals surface area contributed by atoms with Gasteiger partial charge in [0, 0.05) is 24.2 Å². The van der Waals surface area contributed by atoms with E-state index in [9.17, 15) is 12.8 Å². The van der Waals surface area contributed by atoms with Crippen LogP contribution >= 0.6 is 0 Å². The third-order valence-electron chi connectivity index (χ3n) is 3.78. The van der Waals surface area contributed by atoms with Crippen molar-refractivity contribution in [1.82, 2.24) is 10.0 Å². The van der Waals surface area contributed by atoms with Crippen molar-refractivity contribution in [2.24, 2.45) is 5.92 Å². The minimum Gasteiger partial charge on any atom is -0.310 e. The number of nitrogens with one attached hydrogen (secondary N) is 2. The van der Waals surface area contributed by atoms with Gasteiger partial charge in [0.2, 0.25) is 10.0 Å². The molecule has 0 aliphatic heterocycles. The summed E-state index contributed by atoms with van der Waals surface area (Å²) in [5.41, 5.74) is 0.370. The topological polar surface area (TPSA) is 58.2 Å². The van der Waals surface area contributed by atoms with E-state index in [2.05, 4.69) is 10.0 Å². The molecule has 1 aromatic rings. The predicted molar refractivity (Wildman–Crippen MR) is 80.9 cm³/mol. The van der Waals surface area contributed by atoms with Gasteiger partial charge < -0.3 is 5.32 Å². The fraction of sp³-hybridized carbons (Fsp3) is 0.600. The van der Waals surface area contributed by atoms with Crippen LogP contribution in [0.4, 0.5) is 4.39 Å². The third-order valence-corrected chi connectivity index (χ3v) is 5.27. The molecule has 0 radical (unpaired) electrons. The van der Waals surface area contributed by atoms with Gasteiger partial charge in [-0.1, -0.05) is 27.2 Å². The maximum absolute atomic E-state index is 13.7. The van der Waals surface area contributed by atoms with Gasteiger partial charge in [-0.25, -0.2) is 17.5 Å². The largest absolute Gasteiger partial charge is 0.310 e. The van der Waals surface area contributed by atoms with Gasteiger partial charge in [0.1, 0.15) is 5.82 Å². The van der Waals surface area contributed by atoms with Crippen LogP contribution in [0.15, 0.2) is 23.1 Å². The molecule has 1 aromatic carbocycles. The average Bonchev–Trinajstić information content (AvgIpc) is 3.14. The highest BCUT2D eigenvalue weighted by molar-refractivity contribution is 7.89. The van der Waals surface area contributed by atoms with Gasteiger partial charge in [-0.3, -0.25) is 0 Å². The molecule has 0 bridgehead atoms. The first kappa shape index (κ1) is 16.4. The zero-order valence-corrected chi connectivity index (χ0v) is 13.5. The van der Waals surface area contributed by atoms with Gasteiger partial charge in [-0.05, 0) is 30.5 Å². The molecule has 4 nitrogen and oxygen atoms in total. The van der Waals surface area contributed by atoms with E-state index in [0.29, 0.717) is 18.0 Å². The maximum Gasteiger partial charge on any atom is 0.240 e. The lowest BCUT2D eigenvalue weighted by atomic mass is 10.2. The molecule has 1 saturated carbocycles. The average molecular weight is 314 g/mol. The molecule has 2 atom stereocenters. The van der Waals surface area contributed by atoms with Gasteiger partial charge in [0.15, 0.2) is 0 Å². The fourth-order valence-corrected chi connectivity index (χ4v) is 3.65. The Morgan fingerprint density at radius 1 is 1.38 bits per heavy atom. The monoisotopic (exact) mass is 314 g/mol. The van der Waals surface area contributed by atoms with Crippen molar-refractivity contribution in [3.05, 3.63) is 29.6 Å². The Hall–Kier alpha value is -0.980. The number of benzene rings is 1. The normalized spacial score (nSPS) is 21.8. The van der Waals surface area contributed by atoms with E-state index in [1.54, 1.807) is 0 Å². The molecule has 1 aliphatic carbocycles. The Kier molecular flexibility index (Phi) is 5.01. The second kappa shape index (κ2) is 6.42. The summed E-state index contributed by atoms with van der Waals surface area (Å²) in [5.74, 6) is 0.0438. The third kappa shape index (κ3) is 4.25. The van der Waals surface area contributed by atoms with Gasteiger partial charge in [-0.15, -0.1) is 0 Å². The van der Waals surface area contributed by atoms with Crippen molar-refractivity contribution >= 4 is 10.0 Å². The van der Waals surface area contributed by atoms with Crippen molar-refractivity contribution < 1.29 is 12.8 Å². The van der Waals surface area contributed by atoms with E-state index in [1.807, 2.05) is 20.8 Å². The highest BCUT2D eigenvalue weighted by Crippen LogP contribution is 2.34. The second-order valence-electron chi connectivity index (χ2n) is 5.92. The smallest absolute Gasteiger partial charge is 0.240 e. The second-order valence-corrected chi connectivity index (χ2v) is 7.63. The van der Waals surface area contributed by atoms with Gasteiger partial charge >= 0.3 is 0 Å². The first-order chi connectivity index (χ1) is 9.83. The predicted octanol–water partition coefficient (Wildman–Crippen LogP) is 2.40. The summed E-state index contributed by atoms with van der Waals surface area (Å²) in [6.07, 6.45) is 1.86. The molecule has 1 aliphatic rings. The summed E-state index contributed by atoms with van der Waals surface area (Å²) in [4.78, 5) is 0.131. The van der Waals surface area contributed by atoms with Crippen molar-refractivity contribution in [2.75, 3.05) is 0 Å². The summed E-state index contributed by atoms with van der Waals surface area (Å²) < 4.78 is 41.0. The molecule has 0 saturated heterocycles. The van der Waals surface area contributed by atoms with Crippen LogP contribution in [0.2, 0.25) is 0 Å². The molecule has 0 amide bonds. The number of sulfonamides is 1. The van der Waals surface area contributed by atoms with E-state index in [-0.39, 0.29) is 22.8 Å². The van der Waals surface area contributed by atoms with Crippen LogP contribution in [-0.2, 0) is 16.6 Å². The molecule has 0 spiro atoms. The molecule has 2 rings (SSSR count). The van der Waals surface area contributed by atoms with Crippen molar-refractivity contribution in [1.29, 1.82) is 0 Å². The molecule has 6 heteroatoms. The molecular weight excluding hydrogens is 291 g/mol. The highest BCUT2D eigenvalue weighted by atomic mass is 32.2. The quantitative estimate of drug-likeness (QED) is 0.812. The molecule has 118 valence electrons. The molecule has 0 heterocycles. The van der Waals surface area contributed by atoms with Crippen LogP contribution in [0.25, 0.3) is 0 Å². The van der Waals surface area contributed by atoms with Gasteiger partial charge in [-0.2, -0.15) is 0 Å². The zero-order valence-electron chi connectivity index (χ0n) is 12.7. The maximum atomic E-state index is 13.7. The lowest BCUT2D eigenvalue weighted by Gasteiger charge is -2.11. The molecule has 1 fully saturated rings. The van der Waals surface area contributed by atoms with Crippen molar-refractivity contribution in [3.63, 3.8) is 0 Å². The molecule has 21 heavy (non-hydrogen) atoms. The fourth-order valence-electron chi connectivity index (χ4n) is 2.28. The molecule has 0 aromatic heterocycles. The summed E-state index contributed by atoms with van der Waals surface area (Å²) in [5, 5.41) is 3.10. The van der Waals surface area contributed by atoms with Gasteiger partial charge in [0.05, 0.1) is 4.90 Å². The SMILES string of the molecule is CCC1CC1NS(=O)(=O)c1ccc(F)c(CNC(C)C)c1. The van der Waals surface area contributed by atoms with E-state index >= 15 is 0 Å². The Bertz CT molecular complexity index is 602. The summed E-state index contributed by atoms with van der Waals surface area (Å²) >= 11 is 0. The highest BCUT2D eigenvalue weighted by Gasteiger charge is 2.38. The van der Waals surface area contributed by atoms with Crippen LogP contribution in [-0.4, -0.2) is 20.5 Å². The number of hydrogen-bond donors (Lipinski definition) is 2. The van der Waals surface area contributed by atoms with E-state index in [4.69, 9.17) is 0 Å². The van der Waals surface area contributed by atoms with Crippen LogP contribution in [0, 0.1) is 11.7 Å². The Morgan fingerprint density at radius 2 is 2.10 bits per heavy atom. The van der Waals surface area contributed by atoms with Crippen LogP contribution in [0.5, 0.6) is 0 Å². The summed E-state index contributed by atoms with van der Waals surface area (Å²) in [6, 6.07) is 4.19. The van der Waals surface area contributed by atoms with Crippen LogP contribution in [0.1, 0.15) is 39.2 Å².